The highest BCUT2D eigenvalue weighted by Crippen LogP contribution is 2.40. The number of rotatable bonds is 3. The van der Waals surface area contributed by atoms with Gasteiger partial charge in [0.2, 0.25) is 0 Å². The molecule has 0 aliphatic carbocycles. The van der Waals surface area contributed by atoms with Gasteiger partial charge < -0.3 is 9.84 Å². The number of hydrogen-bond donors (Lipinski definition) is 1. The van der Waals surface area contributed by atoms with Crippen LogP contribution < -0.4 is 4.74 Å². The molecule has 1 N–H and O–H groups in total. The van der Waals surface area contributed by atoms with E-state index >= 15 is 0 Å². The number of hydrogen-bond acceptors (Lipinski definition) is 4. The van der Waals surface area contributed by atoms with Crippen LogP contribution >= 0.6 is 11.3 Å². The van der Waals surface area contributed by atoms with Crippen molar-refractivity contribution in [2.75, 3.05) is 0 Å². The fourth-order valence-corrected chi connectivity index (χ4v) is 3.34. The third-order valence-corrected chi connectivity index (χ3v) is 4.37. The number of thiazole rings is 1. The van der Waals surface area contributed by atoms with Crippen molar-refractivity contribution >= 4 is 11.3 Å². The van der Waals surface area contributed by atoms with Crippen LogP contribution in [0.1, 0.15) is 41.8 Å². The normalized spacial score (nSPS) is 17.6. The number of aryl methyl sites for hydroxylation is 1. The lowest BCUT2D eigenvalue weighted by Crippen LogP contribution is -2.25. The van der Waals surface area contributed by atoms with Gasteiger partial charge in [0.15, 0.2) is 0 Å². The van der Waals surface area contributed by atoms with Crippen LogP contribution in [-0.4, -0.2) is 15.7 Å². The van der Waals surface area contributed by atoms with E-state index in [4.69, 9.17) is 4.74 Å². The molecule has 0 fully saturated rings. The summed E-state index contributed by atoms with van der Waals surface area (Å²) in [6.07, 6.45) is 0.851. The van der Waals surface area contributed by atoms with Gasteiger partial charge in [0.1, 0.15) is 11.4 Å². The van der Waals surface area contributed by atoms with Crippen molar-refractivity contribution in [2.45, 2.75) is 45.3 Å². The lowest BCUT2D eigenvalue weighted by Gasteiger charge is -2.19. The minimum Gasteiger partial charge on any atom is -0.487 e. The average molecular weight is 289 g/mol. The van der Waals surface area contributed by atoms with E-state index in [1.54, 1.807) is 11.3 Å². The number of aliphatic hydroxyl groups excluding tert-OH is 1. The summed E-state index contributed by atoms with van der Waals surface area (Å²) in [6, 6.07) is 6.02. The van der Waals surface area contributed by atoms with E-state index in [2.05, 4.69) is 24.9 Å². The molecule has 3 rings (SSSR count). The Kier molecular flexibility index (Phi) is 3.30. The minimum atomic E-state index is -0.569. The first-order valence-corrected chi connectivity index (χ1v) is 7.72. The molecule has 1 aromatic heterocycles. The molecule has 0 amide bonds. The van der Waals surface area contributed by atoms with Gasteiger partial charge in [-0.15, -0.1) is 11.3 Å². The number of ether oxygens (including phenoxy) is 1. The van der Waals surface area contributed by atoms with Crippen molar-refractivity contribution in [1.82, 2.24) is 4.98 Å². The van der Waals surface area contributed by atoms with E-state index in [0.717, 1.165) is 28.4 Å². The predicted octanol–water partition coefficient (Wildman–Crippen LogP) is 3.44. The zero-order valence-corrected chi connectivity index (χ0v) is 12.8. The minimum absolute atomic E-state index is 0.185. The molecule has 0 bridgehead atoms. The van der Waals surface area contributed by atoms with Crippen molar-refractivity contribution in [3.05, 3.63) is 45.4 Å². The fourth-order valence-electron chi connectivity index (χ4n) is 2.71. The van der Waals surface area contributed by atoms with Gasteiger partial charge >= 0.3 is 0 Å². The van der Waals surface area contributed by atoms with Crippen molar-refractivity contribution in [3.63, 3.8) is 0 Å². The maximum Gasteiger partial charge on any atom is 0.129 e. The van der Waals surface area contributed by atoms with Gasteiger partial charge in [-0.3, -0.25) is 0 Å². The highest BCUT2D eigenvalue weighted by atomic mass is 32.1. The number of fused-ring (bicyclic) bond motifs is 1. The Morgan fingerprint density at radius 2 is 2.25 bits per heavy atom. The first-order chi connectivity index (χ1) is 9.44. The molecular weight excluding hydrogens is 270 g/mol. The van der Waals surface area contributed by atoms with Crippen molar-refractivity contribution in [1.29, 1.82) is 0 Å². The van der Waals surface area contributed by atoms with Crippen molar-refractivity contribution < 1.29 is 9.84 Å². The summed E-state index contributed by atoms with van der Waals surface area (Å²) in [5, 5.41) is 13.5. The van der Waals surface area contributed by atoms with Gasteiger partial charge in [-0.2, -0.15) is 0 Å². The molecule has 1 aromatic carbocycles. The SMILES string of the molecule is Cc1nc(CC(O)c2cccc3c2OC(C)(C)C3)cs1. The molecule has 0 radical (unpaired) electrons. The number of benzene rings is 1. The number of aromatic nitrogens is 1. The highest BCUT2D eigenvalue weighted by Gasteiger charge is 2.33. The topological polar surface area (TPSA) is 42.4 Å². The van der Waals surface area contributed by atoms with E-state index in [1.807, 2.05) is 24.4 Å². The Morgan fingerprint density at radius 3 is 2.95 bits per heavy atom. The summed E-state index contributed by atoms with van der Waals surface area (Å²) >= 11 is 1.61. The Balaban J connectivity index is 1.86. The molecule has 0 saturated carbocycles. The zero-order chi connectivity index (χ0) is 14.3. The lowest BCUT2D eigenvalue weighted by molar-refractivity contribution is 0.126. The van der Waals surface area contributed by atoms with Crippen LogP contribution in [-0.2, 0) is 12.8 Å². The molecule has 106 valence electrons. The number of nitrogens with zero attached hydrogens (tertiary/aromatic N) is 1. The standard InChI is InChI=1S/C16H19NO2S/c1-10-17-12(9-20-10)7-14(18)13-6-4-5-11-8-16(2,3)19-15(11)13/h4-6,9,14,18H,7-8H2,1-3H3. The molecule has 1 unspecified atom stereocenters. The van der Waals surface area contributed by atoms with Gasteiger partial charge in [-0.05, 0) is 26.3 Å². The van der Waals surface area contributed by atoms with Gasteiger partial charge in [0.25, 0.3) is 0 Å². The predicted molar refractivity (Wildman–Crippen MR) is 80.4 cm³/mol. The monoisotopic (exact) mass is 289 g/mol. The zero-order valence-electron chi connectivity index (χ0n) is 12.0. The Hall–Kier alpha value is -1.39. The van der Waals surface area contributed by atoms with Crippen LogP contribution in [0.3, 0.4) is 0 Å². The van der Waals surface area contributed by atoms with Crippen LogP contribution in [0.5, 0.6) is 5.75 Å². The molecule has 1 atom stereocenters. The molecule has 4 heteroatoms. The first kappa shape index (κ1) is 13.6. The number of para-hydroxylation sites is 1. The second-order valence-electron chi connectivity index (χ2n) is 5.95. The van der Waals surface area contributed by atoms with Crippen LogP contribution in [0, 0.1) is 6.92 Å². The fraction of sp³-hybridized carbons (Fsp3) is 0.438. The molecule has 0 spiro atoms. The van der Waals surface area contributed by atoms with Crippen LogP contribution in [0.25, 0.3) is 0 Å². The number of aliphatic hydroxyl groups is 1. The van der Waals surface area contributed by atoms with E-state index in [9.17, 15) is 5.11 Å². The quantitative estimate of drug-likeness (QED) is 0.941. The lowest BCUT2D eigenvalue weighted by atomic mass is 9.98. The molecule has 2 aromatic rings. The molecule has 20 heavy (non-hydrogen) atoms. The highest BCUT2D eigenvalue weighted by molar-refractivity contribution is 7.09. The maximum absolute atomic E-state index is 10.5. The molecule has 0 saturated heterocycles. The van der Waals surface area contributed by atoms with E-state index < -0.39 is 6.10 Å². The second kappa shape index (κ2) is 4.86. The Bertz CT molecular complexity index is 633. The van der Waals surface area contributed by atoms with Crippen LogP contribution in [0.4, 0.5) is 0 Å². The summed E-state index contributed by atoms with van der Waals surface area (Å²) in [4.78, 5) is 4.42. The first-order valence-electron chi connectivity index (χ1n) is 6.84. The summed E-state index contributed by atoms with van der Waals surface area (Å²) in [5.41, 5.74) is 2.81. The summed E-state index contributed by atoms with van der Waals surface area (Å²) in [6.45, 7) is 6.13. The third-order valence-electron chi connectivity index (χ3n) is 3.55. The second-order valence-corrected chi connectivity index (χ2v) is 7.01. The van der Waals surface area contributed by atoms with Gasteiger partial charge in [-0.1, -0.05) is 18.2 Å². The summed E-state index contributed by atoms with van der Waals surface area (Å²) in [7, 11) is 0. The van der Waals surface area contributed by atoms with E-state index in [-0.39, 0.29) is 5.60 Å². The van der Waals surface area contributed by atoms with Crippen molar-refractivity contribution in [3.8, 4) is 5.75 Å². The molecule has 3 nitrogen and oxygen atoms in total. The Morgan fingerprint density at radius 1 is 1.45 bits per heavy atom. The van der Waals surface area contributed by atoms with Gasteiger partial charge in [0, 0.05) is 23.8 Å². The average Bonchev–Trinajstić information content (AvgIpc) is 2.89. The summed E-state index contributed by atoms with van der Waals surface area (Å²) < 4.78 is 6.01. The molecule has 1 aliphatic rings. The Labute approximate surface area is 123 Å². The molecule has 2 heterocycles. The van der Waals surface area contributed by atoms with Gasteiger partial charge in [-0.25, -0.2) is 4.98 Å². The largest absolute Gasteiger partial charge is 0.487 e. The van der Waals surface area contributed by atoms with Gasteiger partial charge in [0.05, 0.1) is 16.8 Å². The third kappa shape index (κ3) is 2.58. The molecular formula is C16H19NO2S. The molecule has 1 aliphatic heterocycles. The smallest absolute Gasteiger partial charge is 0.129 e. The van der Waals surface area contributed by atoms with Crippen LogP contribution in [0.15, 0.2) is 23.6 Å². The van der Waals surface area contributed by atoms with E-state index in [1.165, 1.54) is 5.56 Å². The summed E-state index contributed by atoms with van der Waals surface area (Å²) in [5.74, 6) is 0.858. The van der Waals surface area contributed by atoms with Crippen molar-refractivity contribution in [2.24, 2.45) is 0 Å². The van der Waals surface area contributed by atoms with E-state index in [0.29, 0.717) is 6.42 Å². The van der Waals surface area contributed by atoms with Crippen LogP contribution in [0.2, 0.25) is 0 Å². The maximum atomic E-state index is 10.5.